The third kappa shape index (κ3) is 3.22. The van der Waals surface area contributed by atoms with Gasteiger partial charge in [-0.3, -0.25) is 5.32 Å². The second-order valence-corrected chi connectivity index (χ2v) is 6.09. The Morgan fingerprint density at radius 2 is 2.09 bits per heavy atom. The number of epoxide rings is 1. The van der Waals surface area contributed by atoms with E-state index in [1.165, 1.54) is 11.1 Å². The predicted molar refractivity (Wildman–Crippen MR) is 87.2 cm³/mol. The summed E-state index contributed by atoms with van der Waals surface area (Å²) < 4.78 is 10.9. The maximum absolute atomic E-state index is 11.9. The molecular weight excluding hydrogens is 290 g/mol. The van der Waals surface area contributed by atoms with Gasteiger partial charge in [-0.2, -0.15) is 0 Å². The lowest BCUT2D eigenvalue weighted by Crippen LogP contribution is -2.13. The molecular formula is C19H19NO3. The molecule has 118 valence electrons. The molecule has 1 aliphatic heterocycles. The molecule has 1 saturated heterocycles. The maximum Gasteiger partial charge on any atom is 0.411 e. The molecule has 1 fully saturated rings. The molecule has 2 aliphatic rings. The molecule has 4 nitrogen and oxygen atoms in total. The quantitative estimate of drug-likeness (QED) is 0.864. The number of anilines is 1. The van der Waals surface area contributed by atoms with Gasteiger partial charge in [-0.05, 0) is 48.1 Å². The van der Waals surface area contributed by atoms with Gasteiger partial charge in [-0.25, -0.2) is 4.79 Å². The number of benzene rings is 2. The van der Waals surface area contributed by atoms with Crippen molar-refractivity contribution in [3.63, 3.8) is 0 Å². The Morgan fingerprint density at radius 1 is 1.22 bits per heavy atom. The molecule has 4 heteroatoms. The van der Waals surface area contributed by atoms with E-state index in [1.54, 1.807) is 0 Å². The van der Waals surface area contributed by atoms with Crippen molar-refractivity contribution in [2.24, 2.45) is 0 Å². The lowest BCUT2D eigenvalue weighted by atomic mass is 10.0. The zero-order chi connectivity index (χ0) is 15.6. The first-order valence-corrected chi connectivity index (χ1v) is 8.05. The van der Waals surface area contributed by atoms with Gasteiger partial charge >= 0.3 is 6.09 Å². The zero-order valence-corrected chi connectivity index (χ0v) is 12.8. The highest BCUT2D eigenvalue weighted by Gasteiger charge is 2.42. The van der Waals surface area contributed by atoms with Crippen LogP contribution in [0.2, 0.25) is 0 Å². The minimum absolute atomic E-state index is 0.270. The van der Waals surface area contributed by atoms with E-state index in [-0.39, 0.29) is 12.7 Å². The third-order valence-electron chi connectivity index (χ3n) is 4.43. The van der Waals surface area contributed by atoms with Gasteiger partial charge in [-0.1, -0.05) is 36.4 Å². The molecule has 1 N–H and O–H groups in total. The summed E-state index contributed by atoms with van der Waals surface area (Å²) in [6, 6.07) is 15.7. The second-order valence-electron chi connectivity index (χ2n) is 6.09. The van der Waals surface area contributed by atoms with E-state index in [0.29, 0.717) is 6.10 Å². The molecule has 2 aromatic rings. The van der Waals surface area contributed by atoms with Crippen molar-refractivity contribution >= 4 is 11.8 Å². The Balaban J connectivity index is 1.39. The van der Waals surface area contributed by atoms with Crippen LogP contribution < -0.4 is 5.32 Å². The average Bonchev–Trinajstić information content (AvgIpc) is 3.34. The summed E-state index contributed by atoms with van der Waals surface area (Å²) in [5.41, 5.74) is 4.30. The van der Waals surface area contributed by atoms with Crippen LogP contribution in [0.1, 0.15) is 35.6 Å². The molecule has 0 radical (unpaired) electrons. The Kier molecular flexibility index (Phi) is 3.75. The third-order valence-corrected chi connectivity index (χ3v) is 4.43. The van der Waals surface area contributed by atoms with Crippen molar-refractivity contribution in [3.8, 4) is 0 Å². The van der Waals surface area contributed by atoms with Gasteiger partial charge in [0.15, 0.2) is 0 Å². The highest BCUT2D eigenvalue weighted by Crippen LogP contribution is 2.46. The highest BCUT2D eigenvalue weighted by molar-refractivity contribution is 5.84. The van der Waals surface area contributed by atoms with Crippen LogP contribution in [-0.4, -0.2) is 12.2 Å². The van der Waals surface area contributed by atoms with Crippen molar-refractivity contribution in [1.82, 2.24) is 0 Å². The topological polar surface area (TPSA) is 50.9 Å². The molecule has 1 amide bonds. The van der Waals surface area contributed by atoms with Crippen molar-refractivity contribution in [2.75, 3.05) is 5.32 Å². The average molecular weight is 309 g/mol. The van der Waals surface area contributed by atoms with Crippen LogP contribution in [0.15, 0.2) is 48.5 Å². The van der Waals surface area contributed by atoms with E-state index in [9.17, 15) is 4.79 Å². The largest absolute Gasteiger partial charge is 0.444 e. The zero-order valence-electron chi connectivity index (χ0n) is 12.8. The Bertz CT molecular complexity index is 714. The summed E-state index contributed by atoms with van der Waals surface area (Å²) in [7, 11) is 0. The van der Waals surface area contributed by atoms with Gasteiger partial charge in [0, 0.05) is 5.69 Å². The van der Waals surface area contributed by atoms with Crippen LogP contribution in [0.5, 0.6) is 0 Å². The number of hydrogen-bond acceptors (Lipinski definition) is 3. The van der Waals surface area contributed by atoms with E-state index in [0.717, 1.165) is 30.5 Å². The molecule has 0 aromatic heterocycles. The maximum atomic E-state index is 11.9. The van der Waals surface area contributed by atoms with E-state index in [2.05, 4.69) is 11.4 Å². The normalized spacial score (nSPS) is 21.6. The number of rotatable bonds is 3. The van der Waals surface area contributed by atoms with Crippen LogP contribution in [0.3, 0.4) is 0 Å². The Morgan fingerprint density at radius 3 is 2.96 bits per heavy atom. The van der Waals surface area contributed by atoms with E-state index >= 15 is 0 Å². The van der Waals surface area contributed by atoms with Crippen molar-refractivity contribution in [2.45, 2.75) is 38.1 Å². The number of nitrogens with one attached hydrogen (secondary N) is 1. The molecule has 1 heterocycles. The molecule has 2 atom stereocenters. The summed E-state index contributed by atoms with van der Waals surface area (Å²) in [6.45, 7) is 0.273. The molecule has 0 bridgehead atoms. The number of fused-ring (bicyclic) bond motifs is 3. The van der Waals surface area contributed by atoms with Crippen LogP contribution in [-0.2, 0) is 22.5 Å². The van der Waals surface area contributed by atoms with Crippen molar-refractivity contribution < 1.29 is 14.3 Å². The van der Waals surface area contributed by atoms with Crippen LogP contribution >= 0.6 is 0 Å². The monoisotopic (exact) mass is 309 g/mol. The number of amides is 1. The lowest BCUT2D eigenvalue weighted by Gasteiger charge is -2.11. The molecule has 4 rings (SSSR count). The fraction of sp³-hybridized carbons (Fsp3) is 0.316. The SMILES string of the molecule is O=C(Nc1ccc2c(c1)CCC[C@H]1O[C@@H]21)OCc1ccccc1. The standard InChI is InChI=1S/C19H19NO3/c21-19(22-12-13-5-2-1-3-6-13)20-15-9-10-16-14(11-15)7-4-8-17-18(16)23-17/h1-3,5-6,9-11,17-18H,4,7-8,12H2,(H,20,21)/t17-,18+/m1/s1. The molecule has 2 aromatic carbocycles. The van der Waals surface area contributed by atoms with Gasteiger partial charge in [0.25, 0.3) is 0 Å². The van der Waals surface area contributed by atoms with Gasteiger partial charge in [0.2, 0.25) is 0 Å². The summed E-state index contributed by atoms with van der Waals surface area (Å²) in [5.74, 6) is 0. The van der Waals surface area contributed by atoms with Gasteiger partial charge in [-0.15, -0.1) is 0 Å². The Labute approximate surface area is 135 Å². The minimum atomic E-state index is -0.428. The van der Waals surface area contributed by atoms with E-state index in [4.69, 9.17) is 9.47 Å². The Hall–Kier alpha value is -2.33. The molecule has 23 heavy (non-hydrogen) atoms. The molecule has 0 unspecified atom stereocenters. The highest BCUT2D eigenvalue weighted by atomic mass is 16.6. The van der Waals surface area contributed by atoms with E-state index < -0.39 is 6.09 Å². The number of aryl methyl sites for hydroxylation is 1. The molecule has 0 spiro atoms. The number of carbonyl (C=O) groups is 1. The van der Waals surface area contributed by atoms with Crippen LogP contribution in [0.25, 0.3) is 0 Å². The smallest absolute Gasteiger partial charge is 0.411 e. The second kappa shape index (κ2) is 6.05. The first-order chi connectivity index (χ1) is 11.3. The first-order valence-electron chi connectivity index (χ1n) is 8.05. The lowest BCUT2D eigenvalue weighted by molar-refractivity contribution is 0.155. The van der Waals surface area contributed by atoms with Crippen molar-refractivity contribution in [1.29, 1.82) is 0 Å². The van der Waals surface area contributed by atoms with Crippen LogP contribution in [0.4, 0.5) is 10.5 Å². The van der Waals surface area contributed by atoms with Gasteiger partial charge < -0.3 is 9.47 Å². The number of ether oxygens (including phenoxy) is 2. The fourth-order valence-corrected chi connectivity index (χ4v) is 3.18. The summed E-state index contributed by atoms with van der Waals surface area (Å²) in [6.07, 6.45) is 3.55. The van der Waals surface area contributed by atoms with Crippen molar-refractivity contribution in [3.05, 3.63) is 65.2 Å². The van der Waals surface area contributed by atoms with Crippen LogP contribution in [0, 0.1) is 0 Å². The first kappa shape index (κ1) is 14.3. The fourth-order valence-electron chi connectivity index (χ4n) is 3.18. The van der Waals surface area contributed by atoms with E-state index in [1.807, 2.05) is 42.5 Å². The predicted octanol–water partition coefficient (Wildman–Crippen LogP) is 4.21. The molecule has 1 aliphatic carbocycles. The summed E-state index contributed by atoms with van der Waals surface area (Å²) >= 11 is 0. The van der Waals surface area contributed by atoms with Gasteiger partial charge in [0.1, 0.15) is 12.7 Å². The summed E-state index contributed by atoms with van der Waals surface area (Å²) in [5, 5.41) is 2.81. The molecule has 0 saturated carbocycles. The van der Waals surface area contributed by atoms with Gasteiger partial charge in [0.05, 0.1) is 6.10 Å². The minimum Gasteiger partial charge on any atom is -0.444 e. The number of carbonyl (C=O) groups excluding carboxylic acids is 1. The number of hydrogen-bond donors (Lipinski definition) is 1. The summed E-state index contributed by atoms with van der Waals surface area (Å²) in [4.78, 5) is 11.9.